The number of rotatable bonds is 1. The Morgan fingerprint density at radius 3 is 2.11 bits per heavy atom. The highest BCUT2D eigenvalue weighted by Gasteiger charge is 2.33. The second-order valence-electron chi connectivity index (χ2n) is 3.54. The molecule has 2 N–H and O–H groups in total. The third-order valence-electron chi connectivity index (χ3n) is 2.37. The Morgan fingerprint density at radius 1 is 0.944 bits per heavy atom. The van der Waals surface area contributed by atoms with E-state index in [0.717, 1.165) is 6.07 Å². The predicted molar refractivity (Wildman–Crippen MR) is 66.3 cm³/mol. The van der Waals surface area contributed by atoms with Gasteiger partial charge in [-0.05, 0) is 35.4 Å². The first-order chi connectivity index (χ1) is 7.98. The van der Waals surface area contributed by atoms with Gasteiger partial charge < -0.3 is 5.73 Å². The molecule has 1 heterocycles. The van der Waals surface area contributed by atoms with Gasteiger partial charge in [-0.25, -0.2) is 0 Å². The van der Waals surface area contributed by atoms with E-state index < -0.39 is 11.7 Å². The second kappa shape index (κ2) is 5.27. The smallest absolute Gasteiger partial charge is 0.398 e. The van der Waals surface area contributed by atoms with Crippen molar-refractivity contribution in [3.8, 4) is 11.1 Å². The maximum absolute atomic E-state index is 12.7. The van der Waals surface area contributed by atoms with Gasteiger partial charge in [-0.2, -0.15) is 13.2 Å². The van der Waals surface area contributed by atoms with Crippen molar-refractivity contribution in [2.24, 2.45) is 0 Å². The first-order valence-electron chi connectivity index (χ1n) is 4.85. The lowest BCUT2D eigenvalue weighted by molar-refractivity contribution is -0.136. The van der Waals surface area contributed by atoms with Gasteiger partial charge in [-0.1, -0.05) is 6.07 Å². The van der Waals surface area contributed by atoms with Crippen molar-refractivity contribution in [1.29, 1.82) is 0 Å². The number of nitrogens with zero attached hydrogens (tertiary/aromatic N) is 1. The molecular weight excluding hydrogens is 265 g/mol. The number of anilines is 1. The minimum atomic E-state index is -4.44. The lowest BCUT2D eigenvalue weighted by Crippen LogP contribution is -2.08. The number of nitrogens with two attached hydrogens (primary N) is 1. The van der Waals surface area contributed by atoms with Crippen molar-refractivity contribution in [3.05, 3.63) is 48.3 Å². The molecule has 0 saturated carbocycles. The van der Waals surface area contributed by atoms with Crippen LogP contribution in [0, 0.1) is 0 Å². The SMILES string of the molecule is Cl.Nc1ccc(-c2ccncc2)cc1C(F)(F)F. The largest absolute Gasteiger partial charge is 0.418 e. The summed E-state index contributed by atoms with van der Waals surface area (Å²) in [5.74, 6) is 0. The summed E-state index contributed by atoms with van der Waals surface area (Å²) in [6.07, 6.45) is -1.38. The number of pyridine rings is 1. The standard InChI is InChI=1S/C12H9F3N2.ClH/c13-12(14,15)10-7-9(1-2-11(10)16)8-3-5-17-6-4-8;/h1-7H,16H2;1H. The minimum Gasteiger partial charge on any atom is -0.398 e. The molecule has 0 aliphatic rings. The van der Waals surface area contributed by atoms with E-state index in [2.05, 4.69) is 4.98 Å². The van der Waals surface area contributed by atoms with Crippen LogP contribution in [0.3, 0.4) is 0 Å². The van der Waals surface area contributed by atoms with Gasteiger partial charge in [0.05, 0.1) is 5.56 Å². The topological polar surface area (TPSA) is 38.9 Å². The molecule has 0 saturated heterocycles. The minimum absolute atomic E-state index is 0. The van der Waals surface area contributed by atoms with Gasteiger partial charge in [0.1, 0.15) is 0 Å². The molecule has 0 atom stereocenters. The van der Waals surface area contributed by atoms with Gasteiger partial charge in [0.15, 0.2) is 0 Å². The quantitative estimate of drug-likeness (QED) is 0.804. The normalized spacial score (nSPS) is 10.8. The summed E-state index contributed by atoms with van der Waals surface area (Å²) in [6.45, 7) is 0. The van der Waals surface area contributed by atoms with E-state index in [4.69, 9.17) is 5.73 Å². The fourth-order valence-electron chi connectivity index (χ4n) is 1.53. The molecule has 6 heteroatoms. The number of hydrogen-bond donors (Lipinski definition) is 1. The van der Waals surface area contributed by atoms with Crippen molar-refractivity contribution < 1.29 is 13.2 Å². The van der Waals surface area contributed by atoms with E-state index in [9.17, 15) is 13.2 Å². The molecule has 96 valence electrons. The lowest BCUT2D eigenvalue weighted by atomic mass is 10.0. The molecule has 0 radical (unpaired) electrons. The molecule has 0 amide bonds. The summed E-state index contributed by atoms with van der Waals surface area (Å²) in [5.41, 5.74) is 5.38. The molecule has 0 spiro atoms. The van der Waals surface area contributed by atoms with Gasteiger partial charge in [0.2, 0.25) is 0 Å². The molecule has 1 aromatic carbocycles. The van der Waals surface area contributed by atoms with Crippen LogP contribution in [0.15, 0.2) is 42.7 Å². The number of benzene rings is 1. The highest BCUT2D eigenvalue weighted by Crippen LogP contribution is 2.36. The van der Waals surface area contributed by atoms with E-state index in [1.807, 2.05) is 0 Å². The first kappa shape index (κ1) is 14.3. The van der Waals surface area contributed by atoms with Gasteiger partial charge in [0, 0.05) is 18.1 Å². The number of hydrogen-bond acceptors (Lipinski definition) is 2. The van der Waals surface area contributed by atoms with Crippen LogP contribution in [0.2, 0.25) is 0 Å². The Balaban J connectivity index is 0.00000162. The van der Waals surface area contributed by atoms with Crippen LogP contribution in [0.4, 0.5) is 18.9 Å². The first-order valence-corrected chi connectivity index (χ1v) is 4.85. The van der Waals surface area contributed by atoms with Crippen molar-refractivity contribution in [2.45, 2.75) is 6.18 Å². The molecule has 0 unspecified atom stereocenters. The van der Waals surface area contributed by atoms with E-state index in [-0.39, 0.29) is 18.1 Å². The zero-order chi connectivity index (χ0) is 12.5. The maximum atomic E-state index is 12.7. The Morgan fingerprint density at radius 2 is 1.56 bits per heavy atom. The zero-order valence-corrected chi connectivity index (χ0v) is 9.92. The molecule has 0 aliphatic heterocycles. The Kier molecular flexibility index (Phi) is 4.19. The number of alkyl halides is 3. The van der Waals surface area contributed by atoms with Crippen molar-refractivity contribution in [3.63, 3.8) is 0 Å². The Bertz CT molecular complexity index is 527. The van der Waals surface area contributed by atoms with Crippen LogP contribution in [-0.4, -0.2) is 4.98 Å². The summed E-state index contributed by atoms with van der Waals surface area (Å²) in [5, 5.41) is 0. The van der Waals surface area contributed by atoms with Gasteiger partial charge in [0.25, 0.3) is 0 Å². The summed E-state index contributed by atoms with van der Waals surface area (Å²) < 4.78 is 38.0. The van der Waals surface area contributed by atoms with Crippen LogP contribution in [0.5, 0.6) is 0 Å². The molecule has 2 nitrogen and oxygen atoms in total. The highest BCUT2D eigenvalue weighted by atomic mass is 35.5. The molecule has 2 aromatic rings. The Labute approximate surface area is 108 Å². The van der Waals surface area contributed by atoms with Gasteiger partial charge in [-0.15, -0.1) is 12.4 Å². The third kappa shape index (κ3) is 2.92. The average Bonchev–Trinajstić information content (AvgIpc) is 2.29. The molecule has 2 rings (SSSR count). The van der Waals surface area contributed by atoms with E-state index >= 15 is 0 Å². The van der Waals surface area contributed by atoms with E-state index in [0.29, 0.717) is 11.1 Å². The molecule has 0 aliphatic carbocycles. The zero-order valence-electron chi connectivity index (χ0n) is 9.11. The van der Waals surface area contributed by atoms with E-state index in [1.165, 1.54) is 18.5 Å². The average molecular weight is 275 g/mol. The number of halogens is 4. The van der Waals surface area contributed by atoms with Crippen molar-refractivity contribution in [2.75, 3.05) is 5.73 Å². The number of aromatic nitrogens is 1. The lowest BCUT2D eigenvalue weighted by Gasteiger charge is -2.11. The monoisotopic (exact) mass is 274 g/mol. The van der Waals surface area contributed by atoms with Crippen LogP contribution in [0.25, 0.3) is 11.1 Å². The van der Waals surface area contributed by atoms with Crippen LogP contribution >= 0.6 is 12.4 Å². The molecule has 0 fully saturated rings. The second-order valence-corrected chi connectivity index (χ2v) is 3.54. The fourth-order valence-corrected chi connectivity index (χ4v) is 1.53. The third-order valence-corrected chi connectivity index (χ3v) is 2.37. The van der Waals surface area contributed by atoms with Crippen molar-refractivity contribution >= 4 is 18.1 Å². The van der Waals surface area contributed by atoms with Crippen LogP contribution < -0.4 is 5.73 Å². The summed E-state index contributed by atoms with van der Waals surface area (Å²) in [7, 11) is 0. The molecular formula is C12H10ClF3N2. The van der Waals surface area contributed by atoms with E-state index in [1.54, 1.807) is 18.2 Å². The summed E-state index contributed by atoms with van der Waals surface area (Å²) in [4.78, 5) is 3.81. The van der Waals surface area contributed by atoms with Crippen LogP contribution in [-0.2, 0) is 6.18 Å². The Hall–Kier alpha value is -1.75. The fraction of sp³-hybridized carbons (Fsp3) is 0.0833. The van der Waals surface area contributed by atoms with Crippen molar-refractivity contribution in [1.82, 2.24) is 4.98 Å². The van der Waals surface area contributed by atoms with Gasteiger partial charge >= 0.3 is 6.18 Å². The maximum Gasteiger partial charge on any atom is 0.418 e. The molecule has 18 heavy (non-hydrogen) atoms. The number of nitrogen functional groups attached to an aromatic ring is 1. The predicted octanol–water partition coefficient (Wildman–Crippen LogP) is 3.77. The van der Waals surface area contributed by atoms with Crippen LogP contribution in [0.1, 0.15) is 5.56 Å². The molecule has 0 bridgehead atoms. The summed E-state index contributed by atoms with van der Waals surface area (Å²) >= 11 is 0. The molecule has 1 aromatic heterocycles. The highest BCUT2D eigenvalue weighted by molar-refractivity contribution is 5.85. The summed E-state index contributed by atoms with van der Waals surface area (Å²) in [6, 6.07) is 7.15. The van der Waals surface area contributed by atoms with Gasteiger partial charge in [-0.3, -0.25) is 4.98 Å².